The lowest BCUT2D eigenvalue weighted by molar-refractivity contribution is 0.0526. The summed E-state index contributed by atoms with van der Waals surface area (Å²) in [6, 6.07) is 46.6. The molecule has 4 aliphatic rings. The SMILES string of the molecule is C.C.NCc1cccc(CN)c1.O=C1OCc2ccccc21.O=C1OCc2ccccc21.O=C1c2ccccc2CN1Cc1cccc(CN2Cc3ccccc3C2=O)c1. The van der Waals surface area contributed by atoms with Crippen LogP contribution in [-0.2, 0) is 62.0 Å². The van der Waals surface area contributed by atoms with Crippen molar-refractivity contribution < 1.29 is 28.7 Å². The maximum atomic E-state index is 12.6. The van der Waals surface area contributed by atoms with Gasteiger partial charge in [0, 0.05) is 61.5 Å². The molecule has 0 aromatic heterocycles. The van der Waals surface area contributed by atoms with Crippen LogP contribution in [0.2, 0.25) is 0 Å². The standard InChI is InChI=1S/C24H20N2O2.C8H12N2.2C8H6O2.2CH4/c27-23-21-10-3-1-8-19(21)15-25(23)13-17-6-5-7-18(12-17)14-26-16-20-9-2-4-11-22(20)24(26)28;9-5-7-2-1-3-8(4-7)6-10;2*9-8-7-4-2-1-3-6(7)5-10-8;;/h1-12H,13-16H2;1-4H,5-6,9-10H2;2*1-4H,5H2;2*1H4. The Kier molecular flexibility index (Phi) is 15.3. The quantitative estimate of drug-likeness (QED) is 0.159. The van der Waals surface area contributed by atoms with Gasteiger partial charge in [0.15, 0.2) is 0 Å². The van der Waals surface area contributed by atoms with Gasteiger partial charge in [-0.25, -0.2) is 9.59 Å². The van der Waals surface area contributed by atoms with Crippen molar-refractivity contribution in [1.82, 2.24) is 9.80 Å². The minimum Gasteiger partial charge on any atom is -0.457 e. The molecule has 0 saturated carbocycles. The lowest BCUT2D eigenvalue weighted by atomic mass is 10.1. The highest BCUT2D eigenvalue weighted by molar-refractivity contribution is 5.99. The maximum absolute atomic E-state index is 12.6. The molecule has 4 heterocycles. The second-order valence-electron chi connectivity index (χ2n) is 14.2. The van der Waals surface area contributed by atoms with Gasteiger partial charge >= 0.3 is 11.9 Å². The summed E-state index contributed by atoms with van der Waals surface area (Å²) in [6.07, 6.45) is 0. The third kappa shape index (κ3) is 10.4. The molecule has 0 atom stereocenters. The zero-order valence-electron chi connectivity index (χ0n) is 32.0. The number of carbonyl (C=O) groups excluding carboxylic acids is 4. The number of carbonyl (C=O) groups is 4. The van der Waals surface area contributed by atoms with Crippen LogP contribution in [0.4, 0.5) is 0 Å². The third-order valence-corrected chi connectivity index (χ3v) is 10.2. The molecule has 60 heavy (non-hydrogen) atoms. The lowest BCUT2D eigenvalue weighted by Crippen LogP contribution is -2.24. The monoisotopic (exact) mass is 804 g/mol. The van der Waals surface area contributed by atoms with Gasteiger partial charge < -0.3 is 30.7 Å². The number of nitrogens with zero attached hydrogens (tertiary/aromatic N) is 2. The Bertz CT molecular complexity index is 2300. The Morgan fingerprint density at radius 1 is 0.417 bits per heavy atom. The van der Waals surface area contributed by atoms with E-state index in [1.54, 1.807) is 12.1 Å². The van der Waals surface area contributed by atoms with Crippen LogP contribution in [-0.4, -0.2) is 33.6 Å². The molecule has 0 fully saturated rings. The summed E-state index contributed by atoms with van der Waals surface area (Å²) in [5.41, 5.74) is 22.5. The van der Waals surface area contributed by atoms with Crippen LogP contribution in [0.1, 0.15) is 101 Å². The number of ether oxygens (including phenoxy) is 2. The van der Waals surface area contributed by atoms with E-state index in [1.807, 2.05) is 137 Å². The minimum absolute atomic E-state index is 0. The van der Waals surface area contributed by atoms with Crippen molar-refractivity contribution in [3.8, 4) is 0 Å². The molecule has 10 rings (SSSR count). The largest absolute Gasteiger partial charge is 0.457 e. The van der Waals surface area contributed by atoms with Crippen LogP contribution in [0.25, 0.3) is 0 Å². The van der Waals surface area contributed by atoms with Crippen LogP contribution in [0.3, 0.4) is 0 Å². The number of rotatable bonds is 6. The Balaban J connectivity index is 0.000000175. The predicted octanol–water partition coefficient (Wildman–Crippen LogP) is 8.59. The van der Waals surface area contributed by atoms with Gasteiger partial charge in [-0.2, -0.15) is 0 Å². The number of fused-ring (bicyclic) bond motifs is 4. The molecule has 308 valence electrons. The van der Waals surface area contributed by atoms with Crippen LogP contribution in [0, 0.1) is 0 Å². The number of benzene rings is 6. The van der Waals surface area contributed by atoms with Gasteiger partial charge in [0.1, 0.15) is 13.2 Å². The van der Waals surface area contributed by atoms with E-state index in [9.17, 15) is 19.2 Å². The van der Waals surface area contributed by atoms with Crippen LogP contribution < -0.4 is 11.5 Å². The summed E-state index contributed by atoms with van der Waals surface area (Å²) in [5.74, 6) is -0.219. The minimum atomic E-state index is -0.199. The van der Waals surface area contributed by atoms with Crippen molar-refractivity contribution in [2.75, 3.05) is 0 Å². The molecular weight excluding hydrogens is 753 g/mol. The highest BCUT2D eigenvalue weighted by Gasteiger charge is 2.28. The summed E-state index contributed by atoms with van der Waals surface area (Å²) in [5, 5.41) is 0. The fourth-order valence-electron chi connectivity index (χ4n) is 7.17. The molecule has 2 amide bonds. The molecule has 6 aromatic rings. The Morgan fingerprint density at radius 2 is 0.750 bits per heavy atom. The second kappa shape index (κ2) is 20.7. The first-order valence-corrected chi connectivity index (χ1v) is 19.1. The molecule has 10 nitrogen and oxygen atoms in total. The topological polar surface area (TPSA) is 145 Å². The zero-order chi connectivity index (χ0) is 40.4. The smallest absolute Gasteiger partial charge is 0.338 e. The fraction of sp³-hybridized carbons (Fsp3) is 0.200. The molecule has 10 heteroatoms. The maximum Gasteiger partial charge on any atom is 0.338 e. The van der Waals surface area contributed by atoms with Crippen molar-refractivity contribution in [1.29, 1.82) is 0 Å². The number of amides is 2. The van der Waals surface area contributed by atoms with Gasteiger partial charge in [0.2, 0.25) is 0 Å². The number of nitrogens with two attached hydrogens (primary N) is 2. The first-order chi connectivity index (χ1) is 28.3. The lowest BCUT2D eigenvalue weighted by Gasteiger charge is -2.18. The Morgan fingerprint density at radius 3 is 1.12 bits per heavy atom. The highest BCUT2D eigenvalue weighted by atomic mass is 16.5. The van der Waals surface area contributed by atoms with E-state index in [0.29, 0.717) is 63.6 Å². The van der Waals surface area contributed by atoms with Gasteiger partial charge in [0.05, 0.1) is 11.1 Å². The van der Waals surface area contributed by atoms with Gasteiger partial charge in [-0.15, -0.1) is 0 Å². The van der Waals surface area contributed by atoms with Crippen LogP contribution in [0.5, 0.6) is 0 Å². The van der Waals surface area contributed by atoms with Crippen molar-refractivity contribution in [3.05, 3.63) is 212 Å². The summed E-state index contributed by atoms with van der Waals surface area (Å²) < 4.78 is 9.57. The Labute approximate surface area is 352 Å². The normalized spacial score (nSPS) is 13.6. The molecule has 4 N–H and O–H groups in total. The predicted molar refractivity (Wildman–Crippen MR) is 233 cm³/mol. The first-order valence-electron chi connectivity index (χ1n) is 19.1. The summed E-state index contributed by atoms with van der Waals surface area (Å²) in [7, 11) is 0. The number of esters is 2. The van der Waals surface area contributed by atoms with Gasteiger partial charge in [-0.05, 0) is 57.6 Å². The van der Waals surface area contributed by atoms with E-state index in [0.717, 1.165) is 55.6 Å². The van der Waals surface area contributed by atoms with Gasteiger partial charge in [-0.3, -0.25) is 9.59 Å². The van der Waals surface area contributed by atoms with Crippen molar-refractivity contribution >= 4 is 23.8 Å². The van der Waals surface area contributed by atoms with Gasteiger partial charge in [-0.1, -0.05) is 136 Å². The number of hydrogen-bond donors (Lipinski definition) is 2. The van der Waals surface area contributed by atoms with Crippen molar-refractivity contribution in [3.63, 3.8) is 0 Å². The van der Waals surface area contributed by atoms with Crippen molar-refractivity contribution in [2.45, 2.75) is 67.3 Å². The van der Waals surface area contributed by atoms with Gasteiger partial charge in [0.25, 0.3) is 11.8 Å². The van der Waals surface area contributed by atoms with Crippen LogP contribution in [0.15, 0.2) is 146 Å². The zero-order valence-corrected chi connectivity index (χ0v) is 32.0. The summed E-state index contributed by atoms with van der Waals surface area (Å²) >= 11 is 0. The van der Waals surface area contributed by atoms with E-state index >= 15 is 0 Å². The van der Waals surface area contributed by atoms with E-state index in [4.69, 9.17) is 20.9 Å². The first kappa shape index (κ1) is 44.2. The number of cyclic esters (lactones) is 2. The molecule has 0 aliphatic carbocycles. The summed E-state index contributed by atoms with van der Waals surface area (Å²) in [6.45, 7) is 4.52. The average molecular weight is 805 g/mol. The summed E-state index contributed by atoms with van der Waals surface area (Å²) in [4.78, 5) is 50.7. The molecular formula is C50H52N4O6. The number of hydrogen-bond acceptors (Lipinski definition) is 8. The van der Waals surface area contributed by atoms with E-state index in [-0.39, 0.29) is 38.6 Å². The Hall–Kier alpha value is -6.88. The third-order valence-electron chi connectivity index (χ3n) is 10.2. The molecule has 0 unspecified atom stereocenters. The van der Waals surface area contributed by atoms with E-state index < -0.39 is 0 Å². The molecule has 0 radical (unpaired) electrons. The molecule has 0 saturated heterocycles. The average Bonchev–Trinajstić information content (AvgIpc) is 4.02. The molecule has 6 aromatic carbocycles. The van der Waals surface area contributed by atoms with E-state index in [1.165, 1.54) is 0 Å². The molecule has 0 bridgehead atoms. The van der Waals surface area contributed by atoms with Crippen molar-refractivity contribution in [2.24, 2.45) is 11.5 Å². The molecule has 4 aliphatic heterocycles. The van der Waals surface area contributed by atoms with Crippen LogP contribution >= 0.6 is 0 Å². The second-order valence-corrected chi connectivity index (χ2v) is 14.2. The molecule has 0 spiro atoms. The highest BCUT2D eigenvalue weighted by Crippen LogP contribution is 2.27. The fourth-order valence-corrected chi connectivity index (χ4v) is 7.17. The van der Waals surface area contributed by atoms with E-state index in [2.05, 4.69) is 6.07 Å².